The molecule has 1 unspecified atom stereocenters. The lowest BCUT2D eigenvalue weighted by molar-refractivity contribution is -0.153. The van der Waals surface area contributed by atoms with Crippen molar-refractivity contribution in [3.8, 4) is 0 Å². The molecule has 1 aliphatic rings. The van der Waals surface area contributed by atoms with Crippen LogP contribution in [0.3, 0.4) is 0 Å². The molecule has 0 saturated heterocycles. The van der Waals surface area contributed by atoms with E-state index in [-0.39, 0.29) is 18.5 Å². The molecule has 0 aromatic heterocycles. The summed E-state index contributed by atoms with van der Waals surface area (Å²) in [5, 5.41) is 10.1. The molecule has 1 fully saturated rings. The molecule has 0 amide bonds. The van der Waals surface area contributed by atoms with Crippen molar-refractivity contribution in [3.05, 3.63) is 0 Å². The maximum atomic E-state index is 12.4. The van der Waals surface area contributed by atoms with Gasteiger partial charge in [-0.05, 0) is 32.6 Å². The van der Waals surface area contributed by atoms with Crippen LogP contribution in [0.1, 0.15) is 46.0 Å². The molecule has 0 aliphatic heterocycles. The van der Waals surface area contributed by atoms with E-state index in [4.69, 9.17) is 0 Å². The average molecular weight is 267 g/mol. The van der Waals surface area contributed by atoms with Gasteiger partial charge in [0.25, 0.3) is 0 Å². The van der Waals surface area contributed by atoms with Crippen LogP contribution in [-0.2, 0) is 0 Å². The van der Waals surface area contributed by atoms with Crippen molar-refractivity contribution < 1.29 is 18.3 Å². The lowest BCUT2D eigenvalue weighted by Gasteiger charge is -2.33. The zero-order valence-electron chi connectivity index (χ0n) is 11.2. The summed E-state index contributed by atoms with van der Waals surface area (Å²) >= 11 is 0. The summed E-state index contributed by atoms with van der Waals surface area (Å²) in [6.45, 7) is 2.66. The Kier molecular flexibility index (Phi) is 5.92. The van der Waals surface area contributed by atoms with Gasteiger partial charge >= 0.3 is 6.18 Å². The van der Waals surface area contributed by atoms with Crippen LogP contribution in [0.25, 0.3) is 0 Å². The monoisotopic (exact) mass is 267 g/mol. The van der Waals surface area contributed by atoms with E-state index in [0.29, 0.717) is 0 Å². The molecule has 1 atom stereocenters. The Morgan fingerprint density at radius 1 is 1.17 bits per heavy atom. The van der Waals surface area contributed by atoms with Crippen molar-refractivity contribution in [2.75, 3.05) is 13.1 Å². The largest absolute Gasteiger partial charge is 0.401 e. The van der Waals surface area contributed by atoms with Gasteiger partial charge in [0.2, 0.25) is 0 Å². The van der Waals surface area contributed by atoms with Crippen LogP contribution < -0.4 is 0 Å². The summed E-state index contributed by atoms with van der Waals surface area (Å²) in [6, 6.07) is -0.204. The Morgan fingerprint density at radius 3 is 2.17 bits per heavy atom. The molecular weight excluding hydrogens is 243 g/mol. The van der Waals surface area contributed by atoms with Gasteiger partial charge in [0.05, 0.1) is 12.6 Å². The molecule has 1 rings (SSSR count). The van der Waals surface area contributed by atoms with E-state index in [0.717, 1.165) is 25.7 Å². The maximum absolute atomic E-state index is 12.4. The van der Waals surface area contributed by atoms with E-state index >= 15 is 0 Å². The lowest BCUT2D eigenvalue weighted by atomic mass is 9.85. The fourth-order valence-corrected chi connectivity index (χ4v) is 2.60. The highest BCUT2D eigenvalue weighted by molar-refractivity contribution is 4.78. The first-order valence-corrected chi connectivity index (χ1v) is 6.78. The standard InChI is InChI=1S/C13H24F3NO/c1-10(2)17(9-13(14,15)16)8-12(18)11-6-4-3-5-7-11/h10-12,18H,3-9H2,1-2H3. The number of aliphatic hydroxyl groups is 1. The predicted molar refractivity (Wildman–Crippen MR) is 65.3 cm³/mol. The highest BCUT2D eigenvalue weighted by Gasteiger charge is 2.33. The highest BCUT2D eigenvalue weighted by Crippen LogP contribution is 2.27. The minimum atomic E-state index is -4.20. The second-order valence-corrected chi connectivity index (χ2v) is 5.60. The summed E-state index contributed by atoms with van der Waals surface area (Å²) in [6.07, 6.45) is 0.412. The normalized spacial score (nSPS) is 20.7. The summed E-state index contributed by atoms with van der Waals surface area (Å²) in [5.74, 6) is 0.174. The molecule has 1 aliphatic carbocycles. The van der Waals surface area contributed by atoms with E-state index in [1.54, 1.807) is 13.8 Å². The van der Waals surface area contributed by atoms with Crippen molar-refractivity contribution in [1.82, 2.24) is 4.90 Å². The van der Waals surface area contributed by atoms with Crippen LogP contribution in [0, 0.1) is 5.92 Å². The van der Waals surface area contributed by atoms with Crippen LogP contribution in [-0.4, -0.2) is 41.4 Å². The van der Waals surface area contributed by atoms with Gasteiger partial charge in [-0.25, -0.2) is 0 Å². The number of rotatable bonds is 5. The summed E-state index contributed by atoms with van der Waals surface area (Å²) in [5.41, 5.74) is 0. The number of hydrogen-bond donors (Lipinski definition) is 1. The van der Waals surface area contributed by atoms with Crippen molar-refractivity contribution in [3.63, 3.8) is 0 Å². The van der Waals surface area contributed by atoms with Gasteiger partial charge in [0, 0.05) is 12.6 Å². The molecule has 0 bridgehead atoms. The van der Waals surface area contributed by atoms with E-state index < -0.39 is 18.8 Å². The van der Waals surface area contributed by atoms with Crippen LogP contribution in [0.4, 0.5) is 13.2 Å². The van der Waals surface area contributed by atoms with Crippen molar-refractivity contribution in [2.45, 2.75) is 64.3 Å². The van der Waals surface area contributed by atoms with Gasteiger partial charge in [-0.3, -0.25) is 4.90 Å². The molecule has 0 radical (unpaired) electrons. The third-order valence-electron chi connectivity index (χ3n) is 3.73. The van der Waals surface area contributed by atoms with Gasteiger partial charge in [-0.2, -0.15) is 13.2 Å². The Hall–Kier alpha value is -0.290. The number of nitrogens with zero attached hydrogens (tertiary/aromatic N) is 1. The zero-order chi connectivity index (χ0) is 13.8. The van der Waals surface area contributed by atoms with Crippen LogP contribution >= 0.6 is 0 Å². The Morgan fingerprint density at radius 2 is 1.72 bits per heavy atom. The quantitative estimate of drug-likeness (QED) is 0.827. The number of hydrogen-bond acceptors (Lipinski definition) is 2. The molecule has 108 valence electrons. The maximum Gasteiger partial charge on any atom is 0.401 e. The lowest BCUT2D eigenvalue weighted by Crippen LogP contribution is -2.45. The smallest absolute Gasteiger partial charge is 0.392 e. The molecule has 5 heteroatoms. The fourth-order valence-electron chi connectivity index (χ4n) is 2.60. The summed E-state index contributed by atoms with van der Waals surface area (Å²) < 4.78 is 37.3. The molecule has 1 saturated carbocycles. The molecule has 0 spiro atoms. The summed E-state index contributed by atoms with van der Waals surface area (Å²) in [4.78, 5) is 1.32. The Labute approximate surface area is 107 Å². The first-order chi connectivity index (χ1) is 8.29. The van der Waals surface area contributed by atoms with Crippen molar-refractivity contribution in [2.24, 2.45) is 5.92 Å². The average Bonchev–Trinajstić information content (AvgIpc) is 2.27. The minimum Gasteiger partial charge on any atom is -0.392 e. The predicted octanol–water partition coefficient (Wildman–Crippen LogP) is 3.20. The van der Waals surface area contributed by atoms with Gasteiger partial charge in [0.15, 0.2) is 0 Å². The fraction of sp³-hybridized carbons (Fsp3) is 1.00. The molecule has 1 N–H and O–H groups in total. The first-order valence-electron chi connectivity index (χ1n) is 6.78. The SMILES string of the molecule is CC(C)N(CC(O)C1CCCCC1)CC(F)(F)F. The number of aliphatic hydroxyl groups excluding tert-OH is 1. The van der Waals surface area contributed by atoms with Crippen LogP contribution in [0.2, 0.25) is 0 Å². The Balaban J connectivity index is 2.49. The second-order valence-electron chi connectivity index (χ2n) is 5.60. The molecule has 2 nitrogen and oxygen atoms in total. The van der Waals surface area contributed by atoms with Crippen molar-refractivity contribution >= 4 is 0 Å². The molecular formula is C13H24F3NO. The molecule has 0 aromatic rings. The number of alkyl halides is 3. The van der Waals surface area contributed by atoms with Gasteiger partial charge < -0.3 is 5.11 Å². The number of halogens is 3. The first kappa shape index (κ1) is 15.8. The summed E-state index contributed by atoms with van der Waals surface area (Å²) in [7, 11) is 0. The minimum absolute atomic E-state index is 0.127. The third-order valence-corrected chi connectivity index (χ3v) is 3.73. The van der Waals surface area contributed by atoms with Gasteiger partial charge in [-0.1, -0.05) is 19.3 Å². The van der Waals surface area contributed by atoms with E-state index in [2.05, 4.69) is 0 Å². The van der Waals surface area contributed by atoms with E-state index in [9.17, 15) is 18.3 Å². The Bertz CT molecular complexity index is 237. The topological polar surface area (TPSA) is 23.5 Å². The van der Waals surface area contributed by atoms with Gasteiger partial charge in [0.1, 0.15) is 0 Å². The molecule has 0 aromatic carbocycles. The van der Waals surface area contributed by atoms with Crippen molar-refractivity contribution in [1.29, 1.82) is 0 Å². The molecule has 0 heterocycles. The van der Waals surface area contributed by atoms with E-state index in [1.165, 1.54) is 11.3 Å². The third kappa shape index (κ3) is 5.57. The second kappa shape index (κ2) is 6.75. The van der Waals surface area contributed by atoms with Crippen LogP contribution in [0.5, 0.6) is 0 Å². The van der Waals surface area contributed by atoms with Crippen LogP contribution in [0.15, 0.2) is 0 Å². The highest BCUT2D eigenvalue weighted by atomic mass is 19.4. The molecule has 18 heavy (non-hydrogen) atoms. The van der Waals surface area contributed by atoms with E-state index in [1.807, 2.05) is 0 Å². The zero-order valence-corrected chi connectivity index (χ0v) is 11.2. The van der Waals surface area contributed by atoms with Gasteiger partial charge in [-0.15, -0.1) is 0 Å².